The first-order valence-corrected chi connectivity index (χ1v) is 7.87. The summed E-state index contributed by atoms with van der Waals surface area (Å²) < 4.78 is 2.16. The highest BCUT2D eigenvalue weighted by Crippen LogP contribution is 2.33. The second-order valence-corrected chi connectivity index (χ2v) is 6.55. The standard InChI is InChI=1S/C14H16BrIO/c15-13-8-7-11(16)9-12(13)14(17)10-5-3-1-2-4-6-10/h5,7-9,14,17H,1-4,6H2. The van der Waals surface area contributed by atoms with Crippen molar-refractivity contribution in [2.45, 2.75) is 38.2 Å². The summed E-state index contributed by atoms with van der Waals surface area (Å²) >= 11 is 5.81. The summed E-state index contributed by atoms with van der Waals surface area (Å²) in [6.45, 7) is 0. The maximum Gasteiger partial charge on any atom is 0.101 e. The first-order chi connectivity index (χ1) is 8.18. The van der Waals surface area contributed by atoms with E-state index in [9.17, 15) is 5.11 Å². The van der Waals surface area contributed by atoms with Gasteiger partial charge < -0.3 is 5.11 Å². The van der Waals surface area contributed by atoms with E-state index in [0.717, 1.165) is 26.4 Å². The number of allylic oxidation sites excluding steroid dienone is 1. The molecule has 92 valence electrons. The third kappa shape index (κ3) is 3.55. The fourth-order valence-electron chi connectivity index (χ4n) is 2.21. The molecular weight excluding hydrogens is 391 g/mol. The van der Waals surface area contributed by atoms with E-state index in [2.05, 4.69) is 50.7 Å². The molecule has 1 N–H and O–H groups in total. The molecule has 3 heteroatoms. The van der Waals surface area contributed by atoms with Gasteiger partial charge >= 0.3 is 0 Å². The molecule has 0 fully saturated rings. The number of rotatable bonds is 2. The van der Waals surface area contributed by atoms with Gasteiger partial charge in [0.1, 0.15) is 6.10 Å². The summed E-state index contributed by atoms with van der Waals surface area (Å²) in [6.07, 6.45) is 7.64. The van der Waals surface area contributed by atoms with Crippen LogP contribution in [0.4, 0.5) is 0 Å². The van der Waals surface area contributed by atoms with Crippen LogP contribution in [-0.2, 0) is 0 Å². The lowest BCUT2D eigenvalue weighted by Crippen LogP contribution is -2.03. The minimum absolute atomic E-state index is 0.447. The molecule has 2 rings (SSSR count). The summed E-state index contributed by atoms with van der Waals surface area (Å²) in [7, 11) is 0. The van der Waals surface area contributed by atoms with Gasteiger partial charge in [0, 0.05) is 8.04 Å². The van der Waals surface area contributed by atoms with Crippen LogP contribution in [0, 0.1) is 3.57 Å². The van der Waals surface area contributed by atoms with Crippen molar-refractivity contribution < 1.29 is 5.11 Å². The van der Waals surface area contributed by atoms with Crippen molar-refractivity contribution in [1.82, 2.24) is 0 Å². The number of halogens is 2. The van der Waals surface area contributed by atoms with Gasteiger partial charge in [0.2, 0.25) is 0 Å². The predicted molar refractivity (Wildman–Crippen MR) is 83.0 cm³/mol. The molecule has 1 aliphatic carbocycles. The first kappa shape index (κ1) is 13.6. The Hall–Kier alpha value is 0.130. The highest BCUT2D eigenvalue weighted by Gasteiger charge is 2.17. The Bertz CT molecular complexity index is 428. The van der Waals surface area contributed by atoms with E-state index in [1.54, 1.807) is 0 Å². The summed E-state index contributed by atoms with van der Waals surface area (Å²) in [4.78, 5) is 0. The number of aliphatic hydroxyl groups is 1. The van der Waals surface area contributed by atoms with Crippen LogP contribution in [0.2, 0.25) is 0 Å². The fraction of sp³-hybridized carbons (Fsp3) is 0.429. The van der Waals surface area contributed by atoms with Crippen molar-refractivity contribution >= 4 is 38.5 Å². The largest absolute Gasteiger partial charge is 0.384 e. The zero-order valence-corrected chi connectivity index (χ0v) is 13.4. The Morgan fingerprint density at radius 2 is 2.06 bits per heavy atom. The molecule has 0 spiro atoms. The molecule has 0 radical (unpaired) electrons. The van der Waals surface area contributed by atoms with Crippen LogP contribution in [0.25, 0.3) is 0 Å². The molecule has 0 saturated heterocycles. The third-order valence-corrected chi connectivity index (χ3v) is 4.57. The summed E-state index contributed by atoms with van der Waals surface area (Å²) in [5.74, 6) is 0. The number of aliphatic hydroxyl groups excluding tert-OH is 1. The average Bonchev–Trinajstić information content (AvgIpc) is 2.60. The second-order valence-electron chi connectivity index (χ2n) is 4.45. The fourth-order valence-corrected chi connectivity index (χ4v) is 3.19. The number of benzene rings is 1. The van der Waals surface area contributed by atoms with Gasteiger partial charge in [-0.2, -0.15) is 0 Å². The lowest BCUT2D eigenvalue weighted by Gasteiger charge is -2.16. The quantitative estimate of drug-likeness (QED) is 0.542. The molecule has 0 bridgehead atoms. The molecule has 1 aliphatic rings. The van der Waals surface area contributed by atoms with E-state index in [0.29, 0.717) is 0 Å². The first-order valence-electron chi connectivity index (χ1n) is 6.00. The van der Waals surface area contributed by atoms with E-state index in [1.807, 2.05) is 12.1 Å². The topological polar surface area (TPSA) is 20.2 Å². The normalized spacial score (nSPS) is 18.4. The van der Waals surface area contributed by atoms with Gasteiger partial charge in [-0.05, 0) is 77.6 Å². The molecule has 1 atom stereocenters. The van der Waals surface area contributed by atoms with Crippen LogP contribution in [0.15, 0.2) is 34.3 Å². The zero-order chi connectivity index (χ0) is 12.3. The minimum atomic E-state index is -0.447. The van der Waals surface area contributed by atoms with Crippen LogP contribution in [0.5, 0.6) is 0 Å². The van der Waals surface area contributed by atoms with Crippen molar-refractivity contribution in [2.75, 3.05) is 0 Å². The van der Waals surface area contributed by atoms with E-state index in [1.165, 1.54) is 24.8 Å². The molecule has 1 aromatic rings. The maximum atomic E-state index is 10.5. The summed E-state index contributed by atoms with van der Waals surface area (Å²) in [5, 5.41) is 10.5. The molecule has 0 aliphatic heterocycles. The maximum absolute atomic E-state index is 10.5. The lowest BCUT2D eigenvalue weighted by atomic mass is 9.98. The summed E-state index contributed by atoms with van der Waals surface area (Å²) in [6, 6.07) is 6.11. The molecule has 1 aromatic carbocycles. The molecule has 17 heavy (non-hydrogen) atoms. The lowest BCUT2D eigenvalue weighted by molar-refractivity contribution is 0.210. The Kier molecular flexibility index (Phi) is 5.06. The molecular formula is C14H16BrIO. The molecule has 1 nitrogen and oxygen atoms in total. The minimum Gasteiger partial charge on any atom is -0.384 e. The SMILES string of the molecule is OC(C1=CCCCCC1)c1cc(I)ccc1Br. The highest BCUT2D eigenvalue weighted by atomic mass is 127. The van der Waals surface area contributed by atoms with Gasteiger partial charge in [-0.3, -0.25) is 0 Å². The van der Waals surface area contributed by atoms with E-state index < -0.39 is 6.10 Å². The Balaban J connectivity index is 2.26. The van der Waals surface area contributed by atoms with Crippen molar-refractivity contribution in [3.8, 4) is 0 Å². The Morgan fingerprint density at radius 3 is 2.88 bits per heavy atom. The molecule has 0 heterocycles. The van der Waals surface area contributed by atoms with Gasteiger partial charge in [-0.15, -0.1) is 0 Å². The van der Waals surface area contributed by atoms with Crippen molar-refractivity contribution in [1.29, 1.82) is 0 Å². The van der Waals surface area contributed by atoms with Crippen LogP contribution >= 0.6 is 38.5 Å². The smallest absolute Gasteiger partial charge is 0.101 e. The van der Waals surface area contributed by atoms with E-state index in [-0.39, 0.29) is 0 Å². The predicted octanol–water partition coefficient (Wildman–Crippen LogP) is 4.98. The van der Waals surface area contributed by atoms with Crippen LogP contribution in [-0.4, -0.2) is 5.11 Å². The number of hydrogen-bond acceptors (Lipinski definition) is 1. The van der Waals surface area contributed by atoms with Gasteiger partial charge in [-0.1, -0.05) is 28.4 Å². The van der Waals surface area contributed by atoms with Gasteiger partial charge in [-0.25, -0.2) is 0 Å². The van der Waals surface area contributed by atoms with Crippen molar-refractivity contribution in [3.05, 3.63) is 43.5 Å². The van der Waals surface area contributed by atoms with E-state index >= 15 is 0 Å². The van der Waals surface area contributed by atoms with Crippen molar-refractivity contribution in [3.63, 3.8) is 0 Å². The Labute approximate surface area is 125 Å². The van der Waals surface area contributed by atoms with Crippen molar-refractivity contribution in [2.24, 2.45) is 0 Å². The zero-order valence-electron chi connectivity index (χ0n) is 9.63. The highest BCUT2D eigenvalue weighted by molar-refractivity contribution is 14.1. The molecule has 0 amide bonds. The Morgan fingerprint density at radius 1 is 1.24 bits per heavy atom. The average molecular weight is 407 g/mol. The summed E-state index contributed by atoms with van der Waals surface area (Å²) in [5.41, 5.74) is 2.18. The van der Waals surface area contributed by atoms with E-state index in [4.69, 9.17) is 0 Å². The van der Waals surface area contributed by atoms with Gasteiger partial charge in [0.15, 0.2) is 0 Å². The van der Waals surface area contributed by atoms with Crippen LogP contribution in [0.1, 0.15) is 43.8 Å². The molecule has 0 saturated carbocycles. The van der Waals surface area contributed by atoms with Crippen LogP contribution < -0.4 is 0 Å². The van der Waals surface area contributed by atoms with Crippen LogP contribution in [0.3, 0.4) is 0 Å². The molecule has 1 unspecified atom stereocenters. The second kappa shape index (κ2) is 6.34. The number of hydrogen-bond donors (Lipinski definition) is 1. The molecule has 0 aromatic heterocycles. The monoisotopic (exact) mass is 406 g/mol. The van der Waals surface area contributed by atoms with Gasteiger partial charge in [0.05, 0.1) is 0 Å². The van der Waals surface area contributed by atoms with Gasteiger partial charge in [0.25, 0.3) is 0 Å². The third-order valence-electron chi connectivity index (χ3n) is 3.18.